The van der Waals surface area contributed by atoms with Gasteiger partial charge in [0.25, 0.3) is 5.91 Å². The Hall–Kier alpha value is -2.32. The molecular weight excluding hydrogens is 429 g/mol. The minimum atomic E-state index is -0.443. The van der Waals surface area contributed by atoms with Gasteiger partial charge in [-0.15, -0.1) is 0 Å². The van der Waals surface area contributed by atoms with Gasteiger partial charge in [0.15, 0.2) is 5.76 Å². The fourth-order valence-corrected chi connectivity index (χ4v) is 2.70. The number of aromatic nitrogens is 2. The third kappa shape index (κ3) is 4.86. The van der Waals surface area contributed by atoms with Crippen molar-refractivity contribution in [3.63, 3.8) is 0 Å². The van der Waals surface area contributed by atoms with Gasteiger partial charge in [0.05, 0.1) is 22.2 Å². The Bertz CT molecular complexity index is 912. The van der Waals surface area contributed by atoms with Crippen molar-refractivity contribution in [3.8, 4) is 5.75 Å². The lowest BCUT2D eigenvalue weighted by atomic mass is 10.3. The molecule has 1 N–H and O–H groups in total. The molecule has 0 saturated heterocycles. The predicted molar refractivity (Wildman–Crippen MR) is 96.7 cm³/mol. The lowest BCUT2D eigenvalue weighted by Gasteiger charge is -2.06. The van der Waals surface area contributed by atoms with E-state index in [0.29, 0.717) is 24.6 Å². The van der Waals surface area contributed by atoms with E-state index in [0.717, 1.165) is 10.5 Å². The summed E-state index contributed by atoms with van der Waals surface area (Å²) in [6.45, 7) is 1.02. The zero-order valence-corrected chi connectivity index (χ0v) is 15.8. The van der Waals surface area contributed by atoms with Gasteiger partial charge in [-0.1, -0.05) is 11.6 Å². The number of carbonyl (C=O) groups excluding carboxylic acids is 1. The third-order valence-electron chi connectivity index (χ3n) is 3.38. The molecule has 2 heterocycles. The van der Waals surface area contributed by atoms with E-state index in [-0.39, 0.29) is 23.3 Å². The summed E-state index contributed by atoms with van der Waals surface area (Å²) in [6, 6.07) is 7.04. The van der Waals surface area contributed by atoms with E-state index in [1.165, 1.54) is 12.1 Å². The molecule has 0 saturated carbocycles. The maximum absolute atomic E-state index is 13.0. The number of hydrogen-bond donors (Lipinski definition) is 1. The summed E-state index contributed by atoms with van der Waals surface area (Å²) >= 11 is 9.20. The average Bonchev–Trinajstić information content (AvgIpc) is 3.23. The summed E-state index contributed by atoms with van der Waals surface area (Å²) in [5, 5.41) is 7.01. The topological polar surface area (TPSA) is 69.3 Å². The number of rotatable bonds is 7. The Morgan fingerprint density at radius 3 is 2.96 bits per heavy atom. The van der Waals surface area contributed by atoms with Crippen molar-refractivity contribution in [3.05, 3.63) is 69.6 Å². The number of nitrogens with one attached hydrogen (secondary N) is 1. The second-order valence-electron chi connectivity index (χ2n) is 5.31. The van der Waals surface area contributed by atoms with Crippen molar-refractivity contribution in [1.29, 1.82) is 0 Å². The summed E-state index contributed by atoms with van der Waals surface area (Å²) in [7, 11) is 0. The second kappa shape index (κ2) is 8.37. The highest BCUT2D eigenvalue weighted by Gasteiger charge is 2.12. The van der Waals surface area contributed by atoms with Gasteiger partial charge in [-0.2, -0.15) is 5.10 Å². The minimum absolute atomic E-state index is 0.0694. The molecule has 3 rings (SSSR count). The molecule has 0 atom stereocenters. The van der Waals surface area contributed by atoms with E-state index in [2.05, 4.69) is 26.3 Å². The molecule has 0 fully saturated rings. The van der Waals surface area contributed by atoms with Crippen molar-refractivity contribution >= 4 is 33.4 Å². The number of hydrogen-bond acceptors (Lipinski definition) is 4. The number of furan rings is 1. The molecule has 26 heavy (non-hydrogen) atoms. The summed E-state index contributed by atoms with van der Waals surface area (Å²) in [4.78, 5) is 12.1. The van der Waals surface area contributed by atoms with E-state index < -0.39 is 5.82 Å². The first-order valence-corrected chi connectivity index (χ1v) is 8.81. The second-order valence-corrected chi connectivity index (χ2v) is 6.63. The SMILES string of the molecule is O=C(NCCn1cc(Br)cn1)c1ccc(COc2ccc(F)cc2Cl)o1. The van der Waals surface area contributed by atoms with E-state index in [4.69, 9.17) is 20.8 Å². The molecule has 136 valence electrons. The maximum Gasteiger partial charge on any atom is 0.287 e. The Labute approximate surface area is 162 Å². The van der Waals surface area contributed by atoms with Crippen LogP contribution >= 0.6 is 27.5 Å². The molecule has 9 heteroatoms. The molecule has 3 aromatic rings. The zero-order valence-electron chi connectivity index (χ0n) is 13.4. The number of nitrogens with zero attached hydrogens (tertiary/aromatic N) is 2. The van der Waals surface area contributed by atoms with Crippen LogP contribution in [0.25, 0.3) is 0 Å². The highest BCUT2D eigenvalue weighted by Crippen LogP contribution is 2.25. The van der Waals surface area contributed by atoms with Crippen LogP contribution in [-0.2, 0) is 13.2 Å². The van der Waals surface area contributed by atoms with Crippen LogP contribution in [0.5, 0.6) is 5.75 Å². The minimum Gasteiger partial charge on any atom is -0.484 e. The van der Waals surface area contributed by atoms with Gasteiger partial charge >= 0.3 is 0 Å². The van der Waals surface area contributed by atoms with Crippen LogP contribution in [0.15, 0.2) is 51.6 Å². The molecular formula is C17H14BrClFN3O3. The van der Waals surface area contributed by atoms with Gasteiger partial charge < -0.3 is 14.5 Å². The van der Waals surface area contributed by atoms with Gasteiger partial charge in [0.1, 0.15) is 23.9 Å². The van der Waals surface area contributed by atoms with Crippen LogP contribution in [-0.4, -0.2) is 22.2 Å². The van der Waals surface area contributed by atoms with Crippen molar-refractivity contribution in [2.75, 3.05) is 6.54 Å². The molecule has 6 nitrogen and oxygen atoms in total. The fraction of sp³-hybridized carbons (Fsp3) is 0.176. The molecule has 1 amide bonds. The Morgan fingerprint density at radius 1 is 1.38 bits per heavy atom. The normalized spacial score (nSPS) is 10.7. The van der Waals surface area contributed by atoms with Crippen LogP contribution < -0.4 is 10.1 Å². The summed E-state index contributed by atoms with van der Waals surface area (Å²) in [5.41, 5.74) is 0. The van der Waals surface area contributed by atoms with Crippen LogP contribution in [0.3, 0.4) is 0 Å². The Balaban J connectivity index is 1.49. The van der Waals surface area contributed by atoms with Crippen LogP contribution in [0.1, 0.15) is 16.3 Å². The van der Waals surface area contributed by atoms with Gasteiger partial charge in [-0.25, -0.2) is 4.39 Å². The van der Waals surface area contributed by atoms with E-state index in [1.807, 2.05) is 6.20 Å². The smallest absolute Gasteiger partial charge is 0.287 e. The first-order valence-electron chi connectivity index (χ1n) is 7.64. The lowest BCUT2D eigenvalue weighted by molar-refractivity contribution is 0.0920. The number of amides is 1. The molecule has 0 aliphatic rings. The first-order chi connectivity index (χ1) is 12.5. The van der Waals surface area contributed by atoms with Crippen LogP contribution in [0.4, 0.5) is 4.39 Å². The van der Waals surface area contributed by atoms with Gasteiger partial charge in [0, 0.05) is 12.7 Å². The highest BCUT2D eigenvalue weighted by molar-refractivity contribution is 9.10. The zero-order chi connectivity index (χ0) is 18.5. The van der Waals surface area contributed by atoms with Gasteiger partial charge in [0.2, 0.25) is 0 Å². The molecule has 1 aromatic carbocycles. The van der Waals surface area contributed by atoms with E-state index >= 15 is 0 Å². The van der Waals surface area contributed by atoms with Gasteiger partial charge in [-0.3, -0.25) is 9.48 Å². The molecule has 2 aromatic heterocycles. The highest BCUT2D eigenvalue weighted by atomic mass is 79.9. The molecule has 0 radical (unpaired) electrons. The average molecular weight is 443 g/mol. The fourth-order valence-electron chi connectivity index (χ4n) is 2.15. The number of carbonyl (C=O) groups is 1. The number of halogens is 3. The van der Waals surface area contributed by atoms with E-state index in [1.54, 1.807) is 23.0 Å². The molecule has 0 bridgehead atoms. The van der Waals surface area contributed by atoms with Crippen LogP contribution in [0, 0.1) is 5.82 Å². The Kier molecular flexibility index (Phi) is 5.95. The van der Waals surface area contributed by atoms with Crippen LogP contribution in [0.2, 0.25) is 5.02 Å². The summed E-state index contributed by atoms with van der Waals surface area (Å²) in [6.07, 6.45) is 3.49. The molecule has 0 aliphatic heterocycles. The van der Waals surface area contributed by atoms with Crippen molar-refractivity contribution in [2.24, 2.45) is 0 Å². The first kappa shape index (κ1) is 18.5. The maximum atomic E-state index is 13.0. The van der Waals surface area contributed by atoms with Crippen molar-refractivity contribution in [2.45, 2.75) is 13.2 Å². The quantitative estimate of drug-likeness (QED) is 0.599. The van der Waals surface area contributed by atoms with Gasteiger partial charge in [-0.05, 0) is 46.3 Å². The lowest BCUT2D eigenvalue weighted by Crippen LogP contribution is -2.27. The van der Waals surface area contributed by atoms with Crippen molar-refractivity contribution in [1.82, 2.24) is 15.1 Å². The monoisotopic (exact) mass is 441 g/mol. The number of benzene rings is 1. The summed E-state index contributed by atoms with van der Waals surface area (Å²) < 4.78 is 26.5. The van der Waals surface area contributed by atoms with E-state index in [9.17, 15) is 9.18 Å². The Morgan fingerprint density at radius 2 is 2.23 bits per heavy atom. The standard InChI is InChI=1S/C17H14BrClFN3O3/c18-11-8-22-23(9-11)6-5-21-17(24)16-4-2-13(26-16)10-25-15-3-1-12(20)7-14(15)19/h1-4,7-9H,5-6,10H2,(H,21,24). The summed E-state index contributed by atoms with van der Waals surface area (Å²) in [5.74, 6) is 0.187. The molecule has 0 unspecified atom stereocenters. The van der Waals surface area contributed by atoms with Crippen molar-refractivity contribution < 1.29 is 18.3 Å². The molecule has 0 aliphatic carbocycles. The predicted octanol–water partition coefficient (Wildman–Crippen LogP) is 4.04. The molecule has 0 spiro atoms. The largest absolute Gasteiger partial charge is 0.484 e. The number of ether oxygens (including phenoxy) is 1. The third-order valence-corrected chi connectivity index (χ3v) is 4.08.